The van der Waals surface area contributed by atoms with Crippen molar-refractivity contribution in [3.05, 3.63) is 24.4 Å². The molecule has 82 valence electrons. The third-order valence-corrected chi connectivity index (χ3v) is 2.97. The number of benzene rings is 1. The molecule has 4 N–H and O–H groups in total. The van der Waals surface area contributed by atoms with Gasteiger partial charge in [-0.15, -0.1) is 0 Å². The lowest BCUT2D eigenvalue weighted by atomic mass is 10.2. The molecule has 16 heavy (non-hydrogen) atoms. The van der Waals surface area contributed by atoms with Crippen LogP contribution in [0.5, 0.6) is 0 Å². The minimum absolute atomic E-state index is 0.116. The van der Waals surface area contributed by atoms with Gasteiger partial charge in [-0.2, -0.15) is 5.10 Å². The van der Waals surface area contributed by atoms with Gasteiger partial charge in [0, 0.05) is 5.39 Å². The Morgan fingerprint density at radius 3 is 3.06 bits per heavy atom. The van der Waals surface area contributed by atoms with Crippen molar-refractivity contribution in [2.45, 2.75) is 18.4 Å². The molecular formula is C11H12N4O. The number of hydrogen-bond donors (Lipinski definition) is 3. The molecule has 0 radical (unpaired) electrons. The number of anilines is 1. The number of amides is 1. The number of nitrogens with two attached hydrogens (primary N) is 1. The van der Waals surface area contributed by atoms with Gasteiger partial charge in [-0.05, 0) is 18.9 Å². The van der Waals surface area contributed by atoms with Crippen LogP contribution in [0.25, 0.3) is 10.9 Å². The molecule has 5 nitrogen and oxygen atoms in total. The van der Waals surface area contributed by atoms with E-state index in [4.69, 9.17) is 5.73 Å². The number of fused-ring (bicyclic) bond motifs is 1. The highest BCUT2D eigenvalue weighted by Crippen LogP contribution is 2.34. The van der Waals surface area contributed by atoms with Crippen LogP contribution >= 0.6 is 0 Å². The maximum Gasteiger partial charge on any atom is 0.244 e. The summed E-state index contributed by atoms with van der Waals surface area (Å²) in [6.07, 6.45) is 3.25. The molecule has 1 aliphatic carbocycles. The van der Waals surface area contributed by atoms with Crippen molar-refractivity contribution < 1.29 is 4.79 Å². The Labute approximate surface area is 92.0 Å². The quantitative estimate of drug-likeness (QED) is 0.700. The Morgan fingerprint density at radius 2 is 2.31 bits per heavy atom. The fourth-order valence-electron chi connectivity index (χ4n) is 1.68. The van der Waals surface area contributed by atoms with Crippen LogP contribution in [-0.2, 0) is 4.79 Å². The van der Waals surface area contributed by atoms with E-state index in [0.717, 1.165) is 29.4 Å². The van der Waals surface area contributed by atoms with Crippen molar-refractivity contribution in [2.24, 2.45) is 5.73 Å². The van der Waals surface area contributed by atoms with E-state index in [9.17, 15) is 4.79 Å². The first-order chi connectivity index (χ1) is 7.69. The Kier molecular flexibility index (Phi) is 1.79. The summed E-state index contributed by atoms with van der Waals surface area (Å²) in [4.78, 5) is 11.8. The number of carbonyl (C=O) groups is 1. The first-order valence-corrected chi connectivity index (χ1v) is 5.21. The number of aromatic amines is 1. The van der Waals surface area contributed by atoms with E-state index in [0.29, 0.717) is 0 Å². The van der Waals surface area contributed by atoms with Gasteiger partial charge in [-0.3, -0.25) is 9.89 Å². The molecule has 0 spiro atoms. The summed E-state index contributed by atoms with van der Waals surface area (Å²) in [7, 11) is 0. The zero-order valence-electron chi connectivity index (χ0n) is 8.66. The van der Waals surface area contributed by atoms with Crippen LogP contribution in [0.1, 0.15) is 12.8 Å². The van der Waals surface area contributed by atoms with E-state index in [1.165, 1.54) is 0 Å². The van der Waals surface area contributed by atoms with Crippen LogP contribution in [-0.4, -0.2) is 21.6 Å². The number of nitrogens with one attached hydrogen (secondary N) is 2. The second-order valence-electron chi connectivity index (χ2n) is 4.25. The first-order valence-electron chi connectivity index (χ1n) is 5.21. The van der Waals surface area contributed by atoms with Crippen LogP contribution in [0.2, 0.25) is 0 Å². The number of carbonyl (C=O) groups excluding carboxylic acids is 1. The minimum atomic E-state index is -0.651. The van der Waals surface area contributed by atoms with Gasteiger partial charge < -0.3 is 11.1 Å². The van der Waals surface area contributed by atoms with Crippen molar-refractivity contribution in [1.29, 1.82) is 0 Å². The van der Waals surface area contributed by atoms with E-state index < -0.39 is 5.54 Å². The lowest BCUT2D eigenvalue weighted by molar-refractivity contribution is -0.118. The molecule has 1 heterocycles. The molecule has 1 saturated carbocycles. The summed E-state index contributed by atoms with van der Waals surface area (Å²) in [6.45, 7) is 0. The number of rotatable bonds is 2. The average molecular weight is 216 g/mol. The molecular weight excluding hydrogens is 204 g/mol. The topological polar surface area (TPSA) is 83.8 Å². The fraction of sp³-hybridized carbons (Fsp3) is 0.273. The van der Waals surface area contributed by atoms with Gasteiger partial charge in [-0.1, -0.05) is 12.1 Å². The van der Waals surface area contributed by atoms with Crippen LogP contribution in [0, 0.1) is 0 Å². The molecule has 1 amide bonds. The van der Waals surface area contributed by atoms with Crippen LogP contribution in [0.4, 0.5) is 5.69 Å². The van der Waals surface area contributed by atoms with Crippen molar-refractivity contribution in [2.75, 3.05) is 5.32 Å². The summed E-state index contributed by atoms with van der Waals surface area (Å²) in [5.74, 6) is -0.116. The summed E-state index contributed by atoms with van der Waals surface area (Å²) in [5, 5.41) is 10.6. The lowest BCUT2D eigenvalue weighted by Crippen LogP contribution is -2.37. The monoisotopic (exact) mass is 216 g/mol. The summed E-state index contributed by atoms with van der Waals surface area (Å²) < 4.78 is 0. The number of para-hydroxylation sites is 1. The molecule has 0 saturated heterocycles. The van der Waals surface area contributed by atoms with Gasteiger partial charge in [0.05, 0.1) is 22.9 Å². The summed E-state index contributed by atoms with van der Waals surface area (Å²) in [6, 6.07) is 5.65. The molecule has 1 aliphatic rings. The smallest absolute Gasteiger partial charge is 0.244 e. The molecule has 0 bridgehead atoms. The molecule has 2 aromatic rings. The van der Waals surface area contributed by atoms with E-state index >= 15 is 0 Å². The number of nitrogens with zero attached hydrogens (tertiary/aromatic N) is 1. The van der Waals surface area contributed by atoms with Crippen LogP contribution < -0.4 is 11.1 Å². The Bertz CT molecular complexity index is 556. The minimum Gasteiger partial charge on any atom is -0.323 e. The number of aromatic nitrogens is 2. The highest BCUT2D eigenvalue weighted by Gasteiger charge is 2.46. The molecule has 3 rings (SSSR count). The van der Waals surface area contributed by atoms with Gasteiger partial charge in [0.2, 0.25) is 5.91 Å². The molecule has 0 unspecified atom stereocenters. The summed E-state index contributed by atoms with van der Waals surface area (Å²) in [5.41, 5.74) is 6.74. The van der Waals surface area contributed by atoms with Crippen LogP contribution in [0.15, 0.2) is 24.4 Å². The predicted molar refractivity (Wildman–Crippen MR) is 60.9 cm³/mol. The first kappa shape index (κ1) is 9.35. The van der Waals surface area contributed by atoms with Gasteiger partial charge >= 0.3 is 0 Å². The van der Waals surface area contributed by atoms with Gasteiger partial charge in [0.15, 0.2) is 0 Å². The van der Waals surface area contributed by atoms with E-state index in [-0.39, 0.29) is 5.91 Å². The number of H-pyrrole nitrogens is 1. The predicted octanol–water partition coefficient (Wildman–Crippen LogP) is 0.993. The van der Waals surface area contributed by atoms with E-state index in [1.807, 2.05) is 18.2 Å². The SMILES string of the molecule is NC1(C(=O)Nc2cccc3cn[nH]c23)CC1. The second kappa shape index (κ2) is 3.05. The molecule has 5 heteroatoms. The normalized spacial score (nSPS) is 17.3. The second-order valence-corrected chi connectivity index (χ2v) is 4.25. The average Bonchev–Trinajstić information content (AvgIpc) is 2.85. The Hall–Kier alpha value is -1.88. The third-order valence-electron chi connectivity index (χ3n) is 2.97. The lowest BCUT2D eigenvalue weighted by Gasteiger charge is -2.10. The Morgan fingerprint density at radius 1 is 1.50 bits per heavy atom. The van der Waals surface area contributed by atoms with Gasteiger partial charge in [-0.25, -0.2) is 0 Å². The van der Waals surface area contributed by atoms with Crippen molar-refractivity contribution in [3.8, 4) is 0 Å². The largest absolute Gasteiger partial charge is 0.323 e. The third kappa shape index (κ3) is 1.37. The highest BCUT2D eigenvalue weighted by molar-refractivity contribution is 6.05. The van der Waals surface area contributed by atoms with Gasteiger partial charge in [0.25, 0.3) is 0 Å². The molecule has 1 aromatic carbocycles. The maximum absolute atomic E-state index is 11.8. The van der Waals surface area contributed by atoms with Crippen molar-refractivity contribution in [1.82, 2.24) is 10.2 Å². The zero-order chi connectivity index (χ0) is 11.2. The van der Waals surface area contributed by atoms with E-state index in [1.54, 1.807) is 6.20 Å². The van der Waals surface area contributed by atoms with Crippen LogP contribution in [0.3, 0.4) is 0 Å². The zero-order valence-corrected chi connectivity index (χ0v) is 8.66. The fourth-order valence-corrected chi connectivity index (χ4v) is 1.68. The van der Waals surface area contributed by atoms with Gasteiger partial charge in [0.1, 0.15) is 0 Å². The molecule has 0 atom stereocenters. The molecule has 1 fully saturated rings. The van der Waals surface area contributed by atoms with E-state index in [2.05, 4.69) is 15.5 Å². The highest BCUT2D eigenvalue weighted by atomic mass is 16.2. The molecule has 1 aromatic heterocycles. The molecule has 0 aliphatic heterocycles. The number of hydrogen-bond acceptors (Lipinski definition) is 3. The Balaban J connectivity index is 1.94. The van der Waals surface area contributed by atoms with Crippen molar-refractivity contribution >= 4 is 22.5 Å². The maximum atomic E-state index is 11.8. The summed E-state index contributed by atoms with van der Waals surface area (Å²) >= 11 is 0. The van der Waals surface area contributed by atoms with Crippen molar-refractivity contribution in [3.63, 3.8) is 0 Å². The standard InChI is InChI=1S/C11H12N4O/c12-11(4-5-11)10(16)14-8-3-1-2-7-6-13-15-9(7)8/h1-3,6H,4-5,12H2,(H,13,15)(H,14,16).